The lowest BCUT2D eigenvalue weighted by Gasteiger charge is -2.08. The summed E-state index contributed by atoms with van der Waals surface area (Å²) in [5, 5.41) is 25.0. The zero-order valence-corrected chi connectivity index (χ0v) is 23.8. The second-order valence-corrected chi connectivity index (χ2v) is 13.9. The Labute approximate surface area is 238 Å². The van der Waals surface area contributed by atoms with Gasteiger partial charge in [0, 0.05) is 6.07 Å². The van der Waals surface area contributed by atoms with Crippen LogP contribution in [0.15, 0.2) is 89.7 Å². The first-order valence-corrected chi connectivity index (χ1v) is 16.7. The maximum absolute atomic E-state index is 12.4. The molecule has 0 saturated carbocycles. The molecular formula is C20H19N5O13S4. The van der Waals surface area contributed by atoms with Gasteiger partial charge < -0.3 is 10.8 Å². The average molecular weight is 666 g/mol. The van der Waals surface area contributed by atoms with Gasteiger partial charge in [-0.2, -0.15) is 25.3 Å². The van der Waals surface area contributed by atoms with E-state index >= 15 is 0 Å². The van der Waals surface area contributed by atoms with Crippen LogP contribution in [-0.2, 0) is 44.7 Å². The summed E-state index contributed by atoms with van der Waals surface area (Å²) in [6.45, 7) is -0.995. The lowest BCUT2D eigenvalue weighted by atomic mass is 10.2. The Morgan fingerprint density at radius 1 is 0.667 bits per heavy atom. The van der Waals surface area contributed by atoms with E-state index in [1.54, 1.807) is 0 Å². The van der Waals surface area contributed by atoms with Gasteiger partial charge in [-0.05, 0) is 36.4 Å². The van der Waals surface area contributed by atoms with Crippen molar-refractivity contribution in [1.29, 1.82) is 0 Å². The van der Waals surface area contributed by atoms with Crippen LogP contribution in [0.5, 0.6) is 5.75 Å². The first-order chi connectivity index (χ1) is 19.3. The Morgan fingerprint density at radius 2 is 1.21 bits per heavy atom. The number of rotatable bonds is 11. The molecular weight excluding hydrogens is 647 g/mol. The number of benzene rings is 3. The molecule has 0 aliphatic rings. The molecule has 0 fully saturated rings. The van der Waals surface area contributed by atoms with Crippen molar-refractivity contribution in [2.45, 2.75) is 14.7 Å². The van der Waals surface area contributed by atoms with Crippen molar-refractivity contribution in [3.8, 4) is 5.75 Å². The van der Waals surface area contributed by atoms with Crippen molar-refractivity contribution < 1.29 is 56.6 Å². The fraction of sp³-hybridized carbons (Fsp3) is 0.100. The number of nitrogens with zero attached hydrogens (tertiary/aromatic N) is 4. The van der Waals surface area contributed by atoms with Gasteiger partial charge in [0.25, 0.3) is 20.2 Å². The number of hydrogen-bond acceptors (Lipinski definition) is 15. The largest absolute Gasteiger partial charge is 0.506 e. The van der Waals surface area contributed by atoms with Crippen LogP contribution in [0.2, 0.25) is 0 Å². The Bertz CT molecular complexity index is 2030. The molecule has 42 heavy (non-hydrogen) atoms. The number of anilines is 1. The molecule has 0 saturated heterocycles. The molecule has 3 aromatic rings. The predicted molar refractivity (Wildman–Crippen MR) is 143 cm³/mol. The van der Waals surface area contributed by atoms with Gasteiger partial charge in [-0.1, -0.05) is 12.1 Å². The Hall–Kier alpha value is -3.90. The van der Waals surface area contributed by atoms with Gasteiger partial charge in [-0.15, -0.1) is 20.5 Å². The minimum absolute atomic E-state index is 0.208. The van der Waals surface area contributed by atoms with Crippen molar-refractivity contribution in [2.75, 3.05) is 18.1 Å². The molecule has 0 heterocycles. The highest BCUT2D eigenvalue weighted by Crippen LogP contribution is 2.39. The Morgan fingerprint density at radius 3 is 1.81 bits per heavy atom. The number of sulfone groups is 1. The topological polar surface area (TPSA) is 302 Å². The summed E-state index contributed by atoms with van der Waals surface area (Å²) in [6, 6.07) is 9.24. The molecule has 226 valence electrons. The van der Waals surface area contributed by atoms with E-state index in [1.165, 1.54) is 18.2 Å². The first kappa shape index (κ1) is 32.6. The fourth-order valence-electron chi connectivity index (χ4n) is 3.07. The van der Waals surface area contributed by atoms with E-state index in [1.807, 2.05) is 0 Å². The second kappa shape index (κ2) is 12.1. The third-order valence-electron chi connectivity index (χ3n) is 4.95. The summed E-state index contributed by atoms with van der Waals surface area (Å²) in [5.41, 5.74) is 4.21. The summed E-state index contributed by atoms with van der Waals surface area (Å²) in [5.74, 6) is -1.53. The summed E-state index contributed by atoms with van der Waals surface area (Å²) in [4.78, 5) is -2.26. The molecule has 0 atom stereocenters. The zero-order chi connectivity index (χ0) is 31.5. The quantitative estimate of drug-likeness (QED) is 0.112. The fourth-order valence-corrected chi connectivity index (χ4v) is 5.92. The van der Waals surface area contributed by atoms with Crippen LogP contribution in [0.3, 0.4) is 0 Å². The number of phenolic OH excluding ortho intramolecular Hbond substituents is 1. The molecule has 0 aromatic heterocycles. The van der Waals surface area contributed by atoms with Gasteiger partial charge in [-0.3, -0.25) is 13.7 Å². The maximum Gasteiger partial charge on any atom is 0.397 e. The Kier molecular flexibility index (Phi) is 9.43. The van der Waals surface area contributed by atoms with Gasteiger partial charge in [0.1, 0.15) is 38.3 Å². The van der Waals surface area contributed by atoms with Crippen LogP contribution >= 0.6 is 0 Å². The minimum atomic E-state index is -5.10. The van der Waals surface area contributed by atoms with Crippen molar-refractivity contribution in [3.63, 3.8) is 0 Å². The minimum Gasteiger partial charge on any atom is -0.506 e. The van der Waals surface area contributed by atoms with Gasteiger partial charge in [0.15, 0.2) is 9.84 Å². The molecule has 0 aliphatic heterocycles. The van der Waals surface area contributed by atoms with Crippen LogP contribution in [0, 0.1) is 0 Å². The third-order valence-corrected chi connectivity index (χ3v) is 8.88. The molecule has 3 aromatic carbocycles. The molecule has 22 heteroatoms. The van der Waals surface area contributed by atoms with E-state index < -0.39 is 79.0 Å². The van der Waals surface area contributed by atoms with Crippen LogP contribution in [0.4, 0.5) is 28.4 Å². The van der Waals surface area contributed by atoms with E-state index in [-0.39, 0.29) is 22.7 Å². The highest BCUT2D eigenvalue weighted by Gasteiger charge is 2.23. The molecule has 0 unspecified atom stereocenters. The van der Waals surface area contributed by atoms with Gasteiger partial charge >= 0.3 is 10.4 Å². The van der Waals surface area contributed by atoms with Crippen LogP contribution in [-0.4, -0.2) is 64.8 Å². The number of nitrogen functional groups attached to an aromatic ring is 1. The molecule has 0 radical (unpaired) electrons. The normalized spacial score (nSPS) is 13.2. The third kappa shape index (κ3) is 8.56. The number of azo groups is 2. The number of aromatic hydroxyl groups is 1. The smallest absolute Gasteiger partial charge is 0.397 e. The van der Waals surface area contributed by atoms with Gasteiger partial charge in [0.2, 0.25) is 0 Å². The molecule has 0 aliphatic carbocycles. The van der Waals surface area contributed by atoms with Crippen molar-refractivity contribution >= 4 is 68.9 Å². The zero-order valence-electron chi connectivity index (χ0n) is 20.6. The van der Waals surface area contributed by atoms with E-state index in [9.17, 15) is 47.9 Å². The highest BCUT2D eigenvalue weighted by atomic mass is 32.3. The van der Waals surface area contributed by atoms with Crippen LogP contribution in [0.1, 0.15) is 0 Å². The van der Waals surface area contributed by atoms with Crippen LogP contribution < -0.4 is 5.73 Å². The summed E-state index contributed by atoms with van der Waals surface area (Å²) in [7, 11) is -19.1. The van der Waals surface area contributed by atoms with E-state index in [0.29, 0.717) is 6.07 Å². The lowest BCUT2D eigenvalue weighted by molar-refractivity contribution is 0.284. The molecule has 6 N–H and O–H groups in total. The van der Waals surface area contributed by atoms with E-state index in [0.717, 1.165) is 30.3 Å². The standard InChI is InChI=1S/C20H19N5O13S4/c21-13-10-18(26)17(25-22-14-3-1-2-4-19(14)40(29,30)31)11-16(13)24-23-15-6-5-12(9-20(15)41(32,33)34)39(27,28)8-7-38-42(35,36)37/h1-6,9-11,26H,7-8,21H2,(H,29,30,31)(H,32,33,34)(H,35,36,37)/b24-23+,25-22+. The van der Waals surface area contributed by atoms with Crippen molar-refractivity contribution in [2.24, 2.45) is 20.5 Å². The predicted octanol–water partition coefficient (Wildman–Crippen LogP) is 2.89. The molecule has 0 spiro atoms. The van der Waals surface area contributed by atoms with E-state index in [2.05, 4.69) is 24.6 Å². The highest BCUT2D eigenvalue weighted by molar-refractivity contribution is 7.91. The lowest BCUT2D eigenvalue weighted by Crippen LogP contribution is -2.16. The average Bonchev–Trinajstić information content (AvgIpc) is 2.85. The molecule has 0 bridgehead atoms. The van der Waals surface area contributed by atoms with E-state index in [4.69, 9.17) is 10.3 Å². The Balaban J connectivity index is 1.99. The van der Waals surface area contributed by atoms with Gasteiger partial charge in [0.05, 0.1) is 22.9 Å². The van der Waals surface area contributed by atoms with Crippen molar-refractivity contribution in [1.82, 2.24) is 0 Å². The molecule has 3 rings (SSSR count). The maximum atomic E-state index is 12.4. The SMILES string of the molecule is Nc1cc(O)c(/N=N/c2ccccc2S(=O)(=O)O)cc1/N=N/c1ccc(S(=O)(=O)CCOS(=O)(=O)O)cc1S(=O)(=O)O. The van der Waals surface area contributed by atoms with Gasteiger partial charge in [-0.25, -0.2) is 12.6 Å². The summed E-state index contributed by atoms with van der Waals surface area (Å²) in [6.07, 6.45) is 0. The molecule has 0 amide bonds. The number of nitrogens with two attached hydrogens (primary N) is 1. The summed E-state index contributed by atoms with van der Waals surface area (Å²) >= 11 is 0. The molecule has 18 nitrogen and oxygen atoms in total. The number of hydrogen-bond donors (Lipinski definition) is 5. The summed E-state index contributed by atoms with van der Waals surface area (Å²) < 4.78 is 125. The second-order valence-electron chi connectivity index (χ2n) is 7.92. The van der Waals surface area contributed by atoms with Crippen LogP contribution in [0.25, 0.3) is 0 Å². The van der Waals surface area contributed by atoms with Crippen molar-refractivity contribution in [3.05, 3.63) is 54.6 Å². The number of phenols is 1. The first-order valence-electron chi connectivity index (χ1n) is 10.8. The monoisotopic (exact) mass is 665 g/mol.